The van der Waals surface area contributed by atoms with Crippen LogP contribution in [-0.4, -0.2) is 49.2 Å². The van der Waals surface area contributed by atoms with Crippen molar-refractivity contribution in [2.45, 2.75) is 51.7 Å². The molecule has 0 aliphatic heterocycles. The zero-order chi connectivity index (χ0) is 12.1. The molecule has 0 aromatic rings. The van der Waals surface area contributed by atoms with Crippen molar-refractivity contribution in [1.82, 2.24) is 10.2 Å². The molecule has 0 bridgehead atoms. The SMILES string of the molecule is CCN(CC(NC(C)C)C(=O)OC)C1CC1. The van der Waals surface area contributed by atoms with E-state index in [2.05, 4.69) is 17.1 Å². The average Bonchev–Trinajstić information content (AvgIpc) is 3.06. The fourth-order valence-corrected chi connectivity index (χ4v) is 1.95. The quantitative estimate of drug-likeness (QED) is 0.660. The van der Waals surface area contributed by atoms with Crippen molar-refractivity contribution in [3.8, 4) is 0 Å². The van der Waals surface area contributed by atoms with Crippen LogP contribution < -0.4 is 5.32 Å². The molecule has 0 radical (unpaired) electrons. The van der Waals surface area contributed by atoms with Crippen molar-refractivity contribution in [2.75, 3.05) is 20.2 Å². The maximum absolute atomic E-state index is 11.6. The first-order valence-corrected chi connectivity index (χ1v) is 6.16. The molecular weight excluding hydrogens is 204 g/mol. The lowest BCUT2D eigenvalue weighted by Gasteiger charge is -2.26. The first-order chi connectivity index (χ1) is 7.58. The predicted molar refractivity (Wildman–Crippen MR) is 64.3 cm³/mol. The third-order valence-corrected chi connectivity index (χ3v) is 2.91. The van der Waals surface area contributed by atoms with Crippen molar-refractivity contribution in [3.63, 3.8) is 0 Å². The summed E-state index contributed by atoms with van der Waals surface area (Å²) in [7, 11) is 1.45. The van der Waals surface area contributed by atoms with Crippen LogP contribution in [0.15, 0.2) is 0 Å². The van der Waals surface area contributed by atoms with Gasteiger partial charge in [0.25, 0.3) is 0 Å². The number of carbonyl (C=O) groups excluding carboxylic acids is 1. The van der Waals surface area contributed by atoms with Gasteiger partial charge in [-0.25, -0.2) is 0 Å². The summed E-state index contributed by atoms with van der Waals surface area (Å²) in [6.45, 7) is 7.98. The fourth-order valence-electron chi connectivity index (χ4n) is 1.95. The Bertz CT molecular complexity index is 227. The summed E-state index contributed by atoms with van der Waals surface area (Å²) in [5, 5.41) is 3.26. The number of hydrogen-bond donors (Lipinski definition) is 1. The number of nitrogens with one attached hydrogen (secondary N) is 1. The Hall–Kier alpha value is -0.610. The second kappa shape index (κ2) is 6.21. The summed E-state index contributed by atoms with van der Waals surface area (Å²) in [6.07, 6.45) is 2.53. The van der Waals surface area contributed by atoms with Gasteiger partial charge in [0.1, 0.15) is 6.04 Å². The van der Waals surface area contributed by atoms with Crippen molar-refractivity contribution < 1.29 is 9.53 Å². The number of esters is 1. The molecule has 1 aliphatic carbocycles. The van der Waals surface area contributed by atoms with Gasteiger partial charge in [0.15, 0.2) is 0 Å². The molecule has 0 aromatic carbocycles. The predicted octanol–water partition coefficient (Wildman–Crippen LogP) is 1.01. The lowest BCUT2D eigenvalue weighted by Crippen LogP contribution is -2.49. The van der Waals surface area contributed by atoms with Crippen LogP contribution in [0.4, 0.5) is 0 Å². The molecule has 16 heavy (non-hydrogen) atoms. The average molecular weight is 228 g/mol. The molecule has 0 aromatic heterocycles. The van der Waals surface area contributed by atoms with E-state index >= 15 is 0 Å². The van der Waals surface area contributed by atoms with Gasteiger partial charge in [-0.1, -0.05) is 20.8 Å². The van der Waals surface area contributed by atoms with Gasteiger partial charge < -0.3 is 10.1 Å². The minimum absolute atomic E-state index is 0.159. The van der Waals surface area contributed by atoms with Crippen LogP contribution >= 0.6 is 0 Å². The van der Waals surface area contributed by atoms with E-state index in [9.17, 15) is 4.79 Å². The van der Waals surface area contributed by atoms with E-state index in [0.29, 0.717) is 12.1 Å². The van der Waals surface area contributed by atoms with E-state index in [1.165, 1.54) is 20.0 Å². The minimum atomic E-state index is -0.203. The van der Waals surface area contributed by atoms with Crippen molar-refractivity contribution >= 4 is 5.97 Å². The molecule has 1 fully saturated rings. The van der Waals surface area contributed by atoms with Crippen LogP contribution in [0, 0.1) is 0 Å². The topological polar surface area (TPSA) is 41.6 Å². The third-order valence-electron chi connectivity index (χ3n) is 2.91. The molecule has 4 heteroatoms. The van der Waals surface area contributed by atoms with Gasteiger partial charge in [0.2, 0.25) is 0 Å². The summed E-state index contributed by atoms with van der Waals surface area (Å²) < 4.78 is 4.83. The number of likely N-dealkylation sites (N-methyl/N-ethyl adjacent to an activating group) is 1. The van der Waals surface area contributed by atoms with Gasteiger partial charge in [-0.3, -0.25) is 9.69 Å². The smallest absolute Gasteiger partial charge is 0.324 e. The van der Waals surface area contributed by atoms with E-state index in [1.807, 2.05) is 13.8 Å². The Morgan fingerprint density at radius 2 is 2.12 bits per heavy atom. The lowest BCUT2D eigenvalue weighted by molar-refractivity contribution is -0.143. The van der Waals surface area contributed by atoms with E-state index in [1.54, 1.807) is 0 Å². The maximum atomic E-state index is 11.6. The molecule has 1 rings (SSSR count). The first kappa shape index (κ1) is 13.5. The highest BCUT2D eigenvalue weighted by Crippen LogP contribution is 2.26. The van der Waals surface area contributed by atoms with E-state index in [4.69, 9.17) is 4.74 Å². The fraction of sp³-hybridized carbons (Fsp3) is 0.917. The Morgan fingerprint density at radius 1 is 1.50 bits per heavy atom. The summed E-state index contributed by atoms with van der Waals surface area (Å²) in [5.74, 6) is -0.159. The molecule has 94 valence electrons. The number of hydrogen-bond acceptors (Lipinski definition) is 4. The molecule has 0 spiro atoms. The number of ether oxygens (including phenoxy) is 1. The lowest BCUT2D eigenvalue weighted by atomic mass is 10.2. The Balaban J connectivity index is 2.50. The van der Waals surface area contributed by atoms with Crippen LogP contribution in [-0.2, 0) is 9.53 Å². The number of methoxy groups -OCH3 is 1. The summed E-state index contributed by atoms with van der Waals surface area (Å²) >= 11 is 0. The Labute approximate surface area is 98.3 Å². The van der Waals surface area contributed by atoms with Crippen LogP contribution in [0.3, 0.4) is 0 Å². The molecule has 0 heterocycles. The van der Waals surface area contributed by atoms with Gasteiger partial charge in [-0.15, -0.1) is 0 Å². The summed E-state index contributed by atoms with van der Waals surface area (Å²) in [5.41, 5.74) is 0. The largest absolute Gasteiger partial charge is 0.468 e. The molecule has 1 unspecified atom stereocenters. The molecule has 1 N–H and O–H groups in total. The first-order valence-electron chi connectivity index (χ1n) is 6.16. The molecular formula is C12H24N2O2. The Kier molecular flexibility index (Phi) is 5.22. The highest BCUT2D eigenvalue weighted by Gasteiger charge is 2.31. The zero-order valence-electron chi connectivity index (χ0n) is 10.8. The van der Waals surface area contributed by atoms with Crippen LogP contribution in [0.2, 0.25) is 0 Å². The molecule has 0 amide bonds. The van der Waals surface area contributed by atoms with Crippen molar-refractivity contribution in [1.29, 1.82) is 0 Å². The Morgan fingerprint density at radius 3 is 2.50 bits per heavy atom. The molecule has 4 nitrogen and oxygen atoms in total. The number of nitrogens with zero attached hydrogens (tertiary/aromatic N) is 1. The van der Waals surface area contributed by atoms with Crippen molar-refractivity contribution in [3.05, 3.63) is 0 Å². The third kappa shape index (κ3) is 4.10. The van der Waals surface area contributed by atoms with Gasteiger partial charge in [0.05, 0.1) is 7.11 Å². The van der Waals surface area contributed by atoms with Gasteiger partial charge in [-0.2, -0.15) is 0 Å². The molecule has 1 aliphatic rings. The monoisotopic (exact) mass is 228 g/mol. The van der Waals surface area contributed by atoms with Gasteiger partial charge in [-0.05, 0) is 19.4 Å². The van der Waals surface area contributed by atoms with E-state index in [-0.39, 0.29) is 12.0 Å². The highest BCUT2D eigenvalue weighted by atomic mass is 16.5. The molecule has 1 atom stereocenters. The second-order valence-electron chi connectivity index (χ2n) is 4.72. The standard InChI is InChI=1S/C12H24N2O2/c1-5-14(10-6-7-10)8-11(12(15)16-4)13-9(2)3/h9-11,13H,5-8H2,1-4H3. The highest BCUT2D eigenvalue weighted by molar-refractivity contribution is 5.76. The van der Waals surface area contributed by atoms with Crippen LogP contribution in [0.1, 0.15) is 33.6 Å². The molecule has 0 saturated heterocycles. The molecule has 1 saturated carbocycles. The normalized spacial score (nSPS) is 17.9. The summed E-state index contributed by atoms with van der Waals surface area (Å²) in [4.78, 5) is 14.0. The summed E-state index contributed by atoms with van der Waals surface area (Å²) in [6, 6.07) is 0.777. The van der Waals surface area contributed by atoms with Gasteiger partial charge in [0, 0.05) is 18.6 Å². The number of carbonyl (C=O) groups is 1. The zero-order valence-corrected chi connectivity index (χ0v) is 10.8. The van der Waals surface area contributed by atoms with E-state index in [0.717, 1.165) is 13.1 Å². The second-order valence-corrected chi connectivity index (χ2v) is 4.72. The number of rotatable bonds is 7. The van der Waals surface area contributed by atoms with Crippen LogP contribution in [0.5, 0.6) is 0 Å². The van der Waals surface area contributed by atoms with E-state index < -0.39 is 0 Å². The van der Waals surface area contributed by atoms with Crippen LogP contribution in [0.25, 0.3) is 0 Å². The van der Waals surface area contributed by atoms with Gasteiger partial charge >= 0.3 is 5.97 Å². The maximum Gasteiger partial charge on any atom is 0.324 e. The minimum Gasteiger partial charge on any atom is -0.468 e. The van der Waals surface area contributed by atoms with Crippen molar-refractivity contribution in [2.24, 2.45) is 0 Å².